The number of anilines is 1. The van der Waals surface area contributed by atoms with E-state index in [9.17, 15) is 12.8 Å². The van der Waals surface area contributed by atoms with Crippen LogP contribution >= 0.6 is 22.9 Å². The summed E-state index contributed by atoms with van der Waals surface area (Å²) in [6.45, 7) is 1.68. The minimum absolute atomic E-state index is 0.0901. The van der Waals surface area contributed by atoms with Crippen LogP contribution in [0.15, 0.2) is 46.7 Å². The molecule has 0 atom stereocenters. The lowest BCUT2D eigenvalue weighted by Gasteiger charge is -2.34. The lowest BCUT2D eigenvalue weighted by atomic mass is 10.1. The molecule has 1 aliphatic heterocycles. The van der Waals surface area contributed by atoms with Gasteiger partial charge in [0.1, 0.15) is 22.2 Å². The van der Waals surface area contributed by atoms with E-state index in [2.05, 4.69) is 9.88 Å². The van der Waals surface area contributed by atoms with Gasteiger partial charge in [0, 0.05) is 44.0 Å². The van der Waals surface area contributed by atoms with E-state index in [0.29, 0.717) is 38.3 Å². The summed E-state index contributed by atoms with van der Waals surface area (Å²) in [5.41, 5.74) is 1.73. The Hall–Kier alpha value is -2.40. The summed E-state index contributed by atoms with van der Waals surface area (Å²) < 4.78 is 51.8. The molecule has 1 aliphatic rings. The van der Waals surface area contributed by atoms with Gasteiger partial charge in [0.25, 0.3) is 0 Å². The molecule has 2 heterocycles. The van der Waals surface area contributed by atoms with Gasteiger partial charge in [0.2, 0.25) is 10.0 Å². The summed E-state index contributed by atoms with van der Waals surface area (Å²) >= 11 is 7.37. The van der Waals surface area contributed by atoms with E-state index in [1.807, 2.05) is 5.38 Å². The number of hydrogen-bond donors (Lipinski definition) is 0. The van der Waals surface area contributed by atoms with Crippen molar-refractivity contribution in [3.05, 3.63) is 63.9 Å². The number of piperazine rings is 1. The minimum atomic E-state index is -3.74. The Morgan fingerprint density at radius 1 is 1.09 bits per heavy atom. The molecule has 4 rings (SSSR count). The monoisotopic (exact) mass is 511 g/mol. The number of hydrogen-bond acceptors (Lipinski definition) is 7. The summed E-state index contributed by atoms with van der Waals surface area (Å²) in [6, 6.07) is 9.38. The number of benzene rings is 2. The van der Waals surface area contributed by atoms with Crippen molar-refractivity contribution < 1.29 is 22.3 Å². The zero-order chi connectivity index (χ0) is 23.6. The Bertz CT molecular complexity index is 1240. The quantitative estimate of drug-likeness (QED) is 0.476. The second-order valence-electron chi connectivity index (χ2n) is 7.45. The van der Waals surface area contributed by atoms with E-state index in [4.69, 9.17) is 21.1 Å². The van der Waals surface area contributed by atoms with Crippen LogP contribution in [0.25, 0.3) is 0 Å². The molecular formula is C22H23ClFN3O4S2. The number of nitrogens with zero attached hydrogens (tertiary/aromatic N) is 3. The first-order valence-corrected chi connectivity index (χ1v) is 12.9. The van der Waals surface area contributed by atoms with E-state index >= 15 is 0 Å². The van der Waals surface area contributed by atoms with Crippen molar-refractivity contribution in [2.45, 2.75) is 11.3 Å². The summed E-state index contributed by atoms with van der Waals surface area (Å²) in [4.78, 5) is 6.84. The molecule has 11 heteroatoms. The number of sulfonamides is 1. The molecule has 0 bridgehead atoms. The molecule has 0 saturated carbocycles. The highest BCUT2D eigenvalue weighted by Gasteiger charge is 2.32. The fourth-order valence-corrected chi connectivity index (χ4v) is 6.30. The van der Waals surface area contributed by atoms with Gasteiger partial charge in [-0.25, -0.2) is 17.8 Å². The highest BCUT2D eigenvalue weighted by Crippen LogP contribution is 2.32. The van der Waals surface area contributed by atoms with Gasteiger partial charge in [-0.3, -0.25) is 0 Å². The molecule has 0 radical (unpaired) electrons. The van der Waals surface area contributed by atoms with Crippen molar-refractivity contribution in [2.24, 2.45) is 0 Å². The van der Waals surface area contributed by atoms with E-state index in [-0.39, 0.29) is 15.7 Å². The van der Waals surface area contributed by atoms with Crippen molar-refractivity contribution >= 4 is 38.1 Å². The largest absolute Gasteiger partial charge is 0.497 e. The summed E-state index contributed by atoms with van der Waals surface area (Å²) in [5, 5.41) is 2.87. The molecule has 176 valence electrons. The third kappa shape index (κ3) is 5.08. The van der Waals surface area contributed by atoms with Crippen molar-refractivity contribution in [1.82, 2.24) is 9.29 Å². The highest BCUT2D eigenvalue weighted by atomic mass is 35.5. The number of thiazole rings is 1. The molecule has 3 aromatic rings. The van der Waals surface area contributed by atoms with Crippen LogP contribution in [0.4, 0.5) is 9.52 Å². The van der Waals surface area contributed by atoms with Crippen LogP contribution in [0.5, 0.6) is 11.5 Å². The topological polar surface area (TPSA) is 72.0 Å². The fraction of sp³-hybridized carbons (Fsp3) is 0.318. The Balaban J connectivity index is 1.43. The molecule has 2 aromatic carbocycles. The first kappa shape index (κ1) is 23.7. The first-order chi connectivity index (χ1) is 15.8. The molecular weight excluding hydrogens is 489 g/mol. The second-order valence-corrected chi connectivity index (χ2v) is 10.6. The molecule has 1 fully saturated rings. The maximum absolute atomic E-state index is 13.4. The normalized spacial score (nSPS) is 15.0. The van der Waals surface area contributed by atoms with E-state index in [1.54, 1.807) is 24.3 Å². The fourth-order valence-electron chi connectivity index (χ4n) is 3.63. The molecule has 0 N–H and O–H groups in total. The number of ether oxygens (including phenoxy) is 2. The molecule has 1 saturated heterocycles. The number of methoxy groups -OCH3 is 2. The number of halogens is 2. The first-order valence-electron chi connectivity index (χ1n) is 10.2. The zero-order valence-electron chi connectivity index (χ0n) is 18.1. The van der Waals surface area contributed by atoms with Crippen LogP contribution in [-0.4, -0.2) is 58.1 Å². The highest BCUT2D eigenvalue weighted by molar-refractivity contribution is 7.89. The molecule has 33 heavy (non-hydrogen) atoms. The Labute approximate surface area is 201 Å². The van der Waals surface area contributed by atoms with Gasteiger partial charge in [0.15, 0.2) is 5.13 Å². The third-order valence-electron chi connectivity index (χ3n) is 5.41. The standard InChI is InChI=1S/C22H23ClFN3O4S2/c1-30-17-4-6-20(31-2)21(13-17)33(28,29)27-9-7-26(8-10-27)22-25-16(14-32-22)11-15-3-5-19(24)18(23)12-15/h3-6,12-14H,7-11H2,1-2H3. The maximum atomic E-state index is 13.4. The molecule has 0 spiro atoms. The Morgan fingerprint density at radius 3 is 2.52 bits per heavy atom. The maximum Gasteiger partial charge on any atom is 0.247 e. The van der Waals surface area contributed by atoms with Crippen molar-refractivity contribution in [2.75, 3.05) is 45.3 Å². The van der Waals surface area contributed by atoms with Crippen LogP contribution in [0.2, 0.25) is 5.02 Å². The minimum Gasteiger partial charge on any atom is -0.497 e. The molecule has 0 amide bonds. The predicted molar refractivity (Wildman–Crippen MR) is 127 cm³/mol. The van der Waals surface area contributed by atoms with Crippen molar-refractivity contribution in [3.63, 3.8) is 0 Å². The van der Waals surface area contributed by atoms with Crippen molar-refractivity contribution in [3.8, 4) is 11.5 Å². The van der Waals surface area contributed by atoms with Gasteiger partial charge in [0.05, 0.1) is 24.9 Å². The van der Waals surface area contributed by atoms with Gasteiger partial charge in [-0.1, -0.05) is 17.7 Å². The van der Waals surface area contributed by atoms with Crippen molar-refractivity contribution in [1.29, 1.82) is 0 Å². The average molecular weight is 512 g/mol. The Morgan fingerprint density at radius 2 is 1.85 bits per heavy atom. The van der Waals surface area contributed by atoms with Gasteiger partial charge in [-0.05, 0) is 29.8 Å². The van der Waals surface area contributed by atoms with Crippen LogP contribution < -0.4 is 14.4 Å². The molecule has 0 aliphatic carbocycles. The zero-order valence-corrected chi connectivity index (χ0v) is 20.5. The van der Waals surface area contributed by atoms with Gasteiger partial charge >= 0.3 is 0 Å². The van der Waals surface area contributed by atoms with Gasteiger partial charge in [-0.2, -0.15) is 4.31 Å². The van der Waals surface area contributed by atoms with E-state index in [0.717, 1.165) is 16.4 Å². The smallest absolute Gasteiger partial charge is 0.247 e. The third-order valence-corrected chi connectivity index (χ3v) is 8.57. The van der Waals surface area contributed by atoms with Crippen LogP contribution in [0.1, 0.15) is 11.3 Å². The van der Waals surface area contributed by atoms with Gasteiger partial charge < -0.3 is 14.4 Å². The number of aromatic nitrogens is 1. The van der Waals surface area contributed by atoms with E-state index in [1.165, 1.54) is 42.0 Å². The average Bonchev–Trinajstić information content (AvgIpc) is 3.29. The number of rotatable bonds is 7. The van der Waals surface area contributed by atoms with Crippen LogP contribution in [0.3, 0.4) is 0 Å². The molecule has 0 unspecified atom stereocenters. The second kappa shape index (κ2) is 9.84. The Kier molecular flexibility index (Phi) is 7.08. The van der Waals surface area contributed by atoms with Crippen LogP contribution in [-0.2, 0) is 16.4 Å². The SMILES string of the molecule is COc1ccc(OC)c(S(=O)(=O)N2CCN(c3nc(Cc4ccc(F)c(Cl)c4)cs3)CC2)c1. The predicted octanol–water partition coefficient (Wildman–Crippen LogP) is 4.05. The lowest BCUT2D eigenvalue weighted by Crippen LogP contribution is -2.48. The molecule has 1 aromatic heterocycles. The summed E-state index contributed by atoms with van der Waals surface area (Å²) in [7, 11) is -0.811. The summed E-state index contributed by atoms with van der Waals surface area (Å²) in [6.07, 6.45) is 0.542. The van der Waals surface area contributed by atoms with E-state index < -0.39 is 15.8 Å². The van der Waals surface area contributed by atoms with Gasteiger partial charge in [-0.15, -0.1) is 11.3 Å². The van der Waals surface area contributed by atoms with Crippen LogP contribution in [0, 0.1) is 5.82 Å². The summed E-state index contributed by atoms with van der Waals surface area (Å²) in [5.74, 6) is 0.285. The molecule has 7 nitrogen and oxygen atoms in total. The lowest BCUT2D eigenvalue weighted by molar-refractivity contribution is 0.370.